The second kappa shape index (κ2) is 16.7. The van der Waals surface area contributed by atoms with E-state index in [4.69, 9.17) is 0 Å². The van der Waals surface area contributed by atoms with Crippen LogP contribution in [0.15, 0.2) is 109 Å². The van der Waals surface area contributed by atoms with Crippen molar-refractivity contribution >= 4 is 27.3 Å². The van der Waals surface area contributed by atoms with Gasteiger partial charge in [0.15, 0.2) is 11.6 Å². The summed E-state index contributed by atoms with van der Waals surface area (Å²) in [4.78, 5) is 30.3. The van der Waals surface area contributed by atoms with Crippen molar-refractivity contribution in [1.82, 2.24) is 4.90 Å². The van der Waals surface area contributed by atoms with Crippen LogP contribution >= 0.6 is 0 Å². The van der Waals surface area contributed by atoms with Gasteiger partial charge in [0.2, 0.25) is 10.0 Å². The summed E-state index contributed by atoms with van der Waals surface area (Å²) in [7, 11) is -2.24. The van der Waals surface area contributed by atoms with Gasteiger partial charge < -0.3 is 5.11 Å². The van der Waals surface area contributed by atoms with Gasteiger partial charge in [0, 0.05) is 50.7 Å². The second-order valence-electron chi connectivity index (χ2n) is 14.3. The number of hydrogen-bond donors (Lipinski definition) is 1. The van der Waals surface area contributed by atoms with Crippen molar-refractivity contribution < 1.29 is 23.1 Å². The molecule has 1 aliphatic heterocycles. The van der Waals surface area contributed by atoms with Gasteiger partial charge >= 0.3 is 0 Å². The first-order valence-corrected chi connectivity index (χ1v) is 19.4. The quantitative estimate of drug-likeness (QED) is 0.130. The van der Waals surface area contributed by atoms with E-state index >= 15 is 0 Å². The van der Waals surface area contributed by atoms with Crippen LogP contribution in [-0.2, 0) is 23.0 Å². The fourth-order valence-electron chi connectivity index (χ4n) is 7.30. The normalized spacial score (nSPS) is 18.6. The maximum atomic E-state index is 14.2. The Kier molecular flexibility index (Phi) is 12.4. The number of carbonyl (C=O) groups is 2. The molecule has 0 spiro atoms. The number of piperidine rings is 1. The molecule has 1 heterocycles. The van der Waals surface area contributed by atoms with Crippen LogP contribution in [0.4, 0.5) is 5.69 Å². The average molecular weight is 695 g/mol. The molecule has 4 aromatic rings. The molecule has 0 radical (unpaired) electrons. The van der Waals surface area contributed by atoms with Gasteiger partial charge in [-0.2, -0.15) is 0 Å². The molecule has 0 saturated carbocycles. The number of likely N-dealkylation sites (tertiary alicyclic amines) is 1. The van der Waals surface area contributed by atoms with E-state index in [0.29, 0.717) is 17.9 Å². The van der Waals surface area contributed by atoms with E-state index in [1.165, 1.54) is 12.6 Å². The lowest BCUT2D eigenvalue weighted by Gasteiger charge is -2.40. The molecule has 0 aromatic heterocycles. The van der Waals surface area contributed by atoms with Gasteiger partial charge in [0.1, 0.15) is 0 Å². The van der Waals surface area contributed by atoms with Gasteiger partial charge in [-0.05, 0) is 71.4 Å². The lowest BCUT2D eigenvalue weighted by molar-refractivity contribution is -0.00571. The van der Waals surface area contributed by atoms with Crippen LogP contribution in [0, 0.1) is 17.8 Å². The molecule has 5 atom stereocenters. The van der Waals surface area contributed by atoms with Crippen LogP contribution in [0.5, 0.6) is 0 Å². The van der Waals surface area contributed by atoms with Crippen molar-refractivity contribution in [1.29, 1.82) is 0 Å². The average Bonchev–Trinajstić information content (AvgIpc) is 3.11. The number of sulfonamides is 1. The third-order valence-electron chi connectivity index (χ3n) is 10.1. The number of ketones is 2. The molecule has 7 nitrogen and oxygen atoms in total. The third kappa shape index (κ3) is 9.99. The van der Waals surface area contributed by atoms with Crippen molar-refractivity contribution in [2.75, 3.05) is 30.7 Å². The van der Waals surface area contributed by atoms with Gasteiger partial charge in [-0.1, -0.05) is 105 Å². The Bertz CT molecular complexity index is 1830. The lowest BCUT2D eigenvalue weighted by atomic mass is 9.77. The van der Waals surface area contributed by atoms with Crippen molar-refractivity contribution in [3.63, 3.8) is 0 Å². The highest BCUT2D eigenvalue weighted by molar-refractivity contribution is 7.92. The minimum atomic E-state index is -3.67. The summed E-state index contributed by atoms with van der Waals surface area (Å²) in [5.41, 5.74) is 4.10. The van der Waals surface area contributed by atoms with Crippen LogP contribution in [0.25, 0.3) is 0 Å². The van der Waals surface area contributed by atoms with E-state index in [-0.39, 0.29) is 53.4 Å². The predicted octanol–water partition coefficient (Wildman–Crippen LogP) is 7.41. The molecule has 0 bridgehead atoms. The van der Waals surface area contributed by atoms with Crippen LogP contribution in [0.3, 0.4) is 0 Å². The van der Waals surface area contributed by atoms with Gasteiger partial charge in [0.25, 0.3) is 0 Å². The first-order chi connectivity index (χ1) is 23.9. The van der Waals surface area contributed by atoms with E-state index in [2.05, 4.69) is 24.0 Å². The van der Waals surface area contributed by atoms with Gasteiger partial charge in [-0.3, -0.25) is 18.8 Å². The molecule has 1 fully saturated rings. The molecular weight excluding hydrogens is 645 g/mol. The number of aliphatic hydroxyl groups excluding tert-OH is 1. The minimum absolute atomic E-state index is 0.0247. The standard InChI is InChI=1S/C42H50N2O5S/c1-30-20-38(29-44(27-30)28-33-16-10-6-11-17-33)42(47)37(22-32-14-8-5-9-15-32)26-41(46)36-23-35(24-39(25-36)43(3)50(4,48)49)40(45)21-31(2)34-18-12-7-13-19-34/h5-19,23-25,30-31,37-38,42,47H,20-22,26-29H2,1-4H3/t30?,31-,37+,38+,42-/m0/s1. The smallest absolute Gasteiger partial charge is 0.231 e. The zero-order valence-electron chi connectivity index (χ0n) is 29.6. The van der Waals surface area contributed by atoms with Crippen LogP contribution in [0.1, 0.15) is 76.4 Å². The van der Waals surface area contributed by atoms with E-state index in [0.717, 1.165) is 47.7 Å². The van der Waals surface area contributed by atoms with Gasteiger partial charge in [-0.25, -0.2) is 8.42 Å². The van der Waals surface area contributed by atoms with Crippen LogP contribution in [-0.4, -0.2) is 62.5 Å². The molecule has 8 heteroatoms. The Labute approximate surface area is 298 Å². The summed E-state index contributed by atoms with van der Waals surface area (Å²) < 4.78 is 26.3. The summed E-state index contributed by atoms with van der Waals surface area (Å²) in [6, 6.07) is 34.7. The zero-order valence-corrected chi connectivity index (χ0v) is 30.4. The van der Waals surface area contributed by atoms with E-state index < -0.39 is 16.1 Å². The first-order valence-electron chi connectivity index (χ1n) is 17.6. The number of carbonyl (C=O) groups excluding carboxylic acids is 2. The summed E-state index contributed by atoms with van der Waals surface area (Å²) in [6.07, 6.45) is 1.99. The third-order valence-corrected chi connectivity index (χ3v) is 11.3. The second-order valence-corrected chi connectivity index (χ2v) is 16.3. The molecule has 5 rings (SSSR count). The minimum Gasteiger partial charge on any atom is -0.392 e. The van der Waals surface area contributed by atoms with E-state index in [1.54, 1.807) is 18.2 Å². The maximum absolute atomic E-state index is 14.2. The number of benzene rings is 4. The molecule has 0 amide bonds. The van der Waals surface area contributed by atoms with Crippen molar-refractivity contribution in [3.05, 3.63) is 137 Å². The Balaban J connectivity index is 1.42. The van der Waals surface area contributed by atoms with Gasteiger partial charge in [0.05, 0.1) is 18.0 Å². The first kappa shape index (κ1) is 37.2. The fourth-order valence-corrected chi connectivity index (χ4v) is 7.79. The highest BCUT2D eigenvalue weighted by Gasteiger charge is 2.35. The molecule has 4 aromatic carbocycles. The molecular formula is C42H50N2O5S. The zero-order chi connectivity index (χ0) is 35.8. The summed E-state index contributed by atoms with van der Waals surface area (Å²) in [6.45, 7) is 6.67. The van der Waals surface area contributed by atoms with Gasteiger partial charge in [-0.15, -0.1) is 0 Å². The molecule has 50 heavy (non-hydrogen) atoms. The molecule has 0 aliphatic carbocycles. The summed E-state index contributed by atoms with van der Waals surface area (Å²) in [5.74, 6) is -0.492. The SMILES string of the molecule is CC1C[C@@H]([C@@H](O)[C@@H](CC(=O)c2cc(C(=O)C[C@H](C)c3ccccc3)cc(N(C)S(C)(=O)=O)c2)Cc2ccccc2)CN(Cc2ccccc2)C1. The Morgan fingerprint density at radius 3 is 1.94 bits per heavy atom. The summed E-state index contributed by atoms with van der Waals surface area (Å²) in [5, 5.41) is 12.1. The Morgan fingerprint density at radius 2 is 1.36 bits per heavy atom. The van der Waals surface area contributed by atoms with E-state index in [9.17, 15) is 23.1 Å². The van der Waals surface area contributed by atoms with E-state index in [1.807, 2.05) is 85.8 Å². The molecule has 264 valence electrons. The maximum Gasteiger partial charge on any atom is 0.231 e. The van der Waals surface area contributed by atoms with Crippen LogP contribution < -0.4 is 4.31 Å². The molecule has 1 unspecified atom stereocenters. The highest BCUT2D eigenvalue weighted by Crippen LogP contribution is 2.33. The van der Waals surface area contributed by atoms with Crippen LogP contribution in [0.2, 0.25) is 0 Å². The number of Topliss-reactive ketones (excluding diaryl/α,β-unsaturated/α-hetero) is 2. The Morgan fingerprint density at radius 1 is 0.820 bits per heavy atom. The molecule has 1 aliphatic rings. The number of nitrogens with zero attached hydrogens (tertiary/aromatic N) is 2. The molecule has 1 N–H and O–H groups in total. The van der Waals surface area contributed by atoms with Crippen molar-refractivity contribution in [2.24, 2.45) is 17.8 Å². The largest absolute Gasteiger partial charge is 0.392 e. The molecule has 1 saturated heterocycles. The predicted molar refractivity (Wildman–Crippen MR) is 201 cm³/mol. The topological polar surface area (TPSA) is 95.0 Å². The number of rotatable bonds is 15. The number of aliphatic hydroxyl groups is 1. The van der Waals surface area contributed by atoms with Crippen molar-refractivity contribution in [3.8, 4) is 0 Å². The lowest BCUT2D eigenvalue weighted by Crippen LogP contribution is -2.46. The fraction of sp³-hybridized carbons (Fsp3) is 0.381. The summed E-state index contributed by atoms with van der Waals surface area (Å²) >= 11 is 0. The number of anilines is 1. The van der Waals surface area contributed by atoms with Crippen molar-refractivity contribution in [2.45, 2.75) is 58.1 Å². The Hall–Kier alpha value is -4.11. The highest BCUT2D eigenvalue weighted by atomic mass is 32.2. The monoisotopic (exact) mass is 694 g/mol. The number of hydrogen-bond acceptors (Lipinski definition) is 6.